The first-order valence-corrected chi connectivity index (χ1v) is 9.92. The largest absolute Gasteiger partial charge is 0.461 e. The molecule has 1 N–H and O–H groups in total. The molecule has 8 heteroatoms. The summed E-state index contributed by atoms with van der Waals surface area (Å²) in [5.41, 5.74) is 3.65. The lowest BCUT2D eigenvalue weighted by atomic mass is 9.73. The van der Waals surface area contributed by atoms with Gasteiger partial charge in [0.1, 0.15) is 0 Å². The Bertz CT molecular complexity index is 899. The van der Waals surface area contributed by atoms with E-state index in [9.17, 15) is 4.79 Å². The van der Waals surface area contributed by atoms with E-state index in [1.807, 2.05) is 10.9 Å². The van der Waals surface area contributed by atoms with Crippen LogP contribution in [0.3, 0.4) is 0 Å². The van der Waals surface area contributed by atoms with Crippen molar-refractivity contribution in [3.05, 3.63) is 23.0 Å². The van der Waals surface area contributed by atoms with Gasteiger partial charge in [-0.05, 0) is 43.6 Å². The van der Waals surface area contributed by atoms with Gasteiger partial charge in [-0.25, -0.2) is 19.4 Å². The summed E-state index contributed by atoms with van der Waals surface area (Å²) < 4.78 is 13.2. The Balaban J connectivity index is 1.97. The Morgan fingerprint density at radius 2 is 2.25 bits per heavy atom. The Kier molecular flexibility index (Phi) is 4.82. The van der Waals surface area contributed by atoms with Crippen LogP contribution in [-0.4, -0.2) is 46.0 Å². The van der Waals surface area contributed by atoms with Gasteiger partial charge < -0.3 is 14.8 Å². The molecule has 1 aliphatic carbocycles. The molecule has 1 fully saturated rings. The number of nitrogens with zero attached hydrogens (tertiary/aromatic N) is 4. The molecule has 0 amide bonds. The minimum Gasteiger partial charge on any atom is -0.461 e. The molecular formula is C20H27N5O3. The van der Waals surface area contributed by atoms with Crippen LogP contribution in [-0.2, 0) is 21.3 Å². The summed E-state index contributed by atoms with van der Waals surface area (Å²) in [5.74, 6) is 0.145. The van der Waals surface area contributed by atoms with Crippen LogP contribution in [0.15, 0.2) is 6.20 Å². The molecule has 0 saturated carbocycles. The predicted molar refractivity (Wildman–Crippen MR) is 104 cm³/mol. The van der Waals surface area contributed by atoms with Gasteiger partial charge in [0, 0.05) is 25.4 Å². The topological polar surface area (TPSA) is 91.2 Å². The standard InChI is InChI=1S/C20H27N5O3/c1-5-27-18(26)16-14-17(25(24-16)13-8-6-7-9-28-13)15-12(10-20(14,2)3)11-22-19(21-4)23-15/h11,13H,5-10H2,1-4H3,(H,21,22,23). The molecule has 1 unspecified atom stereocenters. The highest BCUT2D eigenvalue weighted by atomic mass is 16.5. The lowest BCUT2D eigenvalue weighted by Gasteiger charge is -2.33. The van der Waals surface area contributed by atoms with E-state index < -0.39 is 5.97 Å². The highest BCUT2D eigenvalue weighted by molar-refractivity contribution is 5.92. The van der Waals surface area contributed by atoms with Crippen LogP contribution < -0.4 is 5.32 Å². The summed E-state index contributed by atoms with van der Waals surface area (Å²) in [5, 5.41) is 7.72. The van der Waals surface area contributed by atoms with Crippen molar-refractivity contribution in [3.8, 4) is 11.4 Å². The molecule has 1 saturated heterocycles. The molecule has 3 heterocycles. The second kappa shape index (κ2) is 7.16. The van der Waals surface area contributed by atoms with Gasteiger partial charge in [0.2, 0.25) is 5.95 Å². The third-order valence-corrected chi connectivity index (χ3v) is 5.43. The highest BCUT2D eigenvalue weighted by Crippen LogP contribution is 2.45. The highest BCUT2D eigenvalue weighted by Gasteiger charge is 2.42. The SMILES string of the molecule is CCOC(=O)c1nn(C2CCCCO2)c2c1C(C)(C)Cc1cnc(NC)nc1-2. The summed E-state index contributed by atoms with van der Waals surface area (Å²) in [7, 11) is 1.79. The number of carbonyl (C=O) groups is 1. The summed E-state index contributed by atoms with van der Waals surface area (Å²) in [6.07, 6.45) is 5.34. The summed E-state index contributed by atoms with van der Waals surface area (Å²) in [6, 6.07) is 0. The van der Waals surface area contributed by atoms with Gasteiger partial charge in [-0.1, -0.05) is 13.8 Å². The summed E-state index contributed by atoms with van der Waals surface area (Å²) in [6.45, 7) is 7.05. The van der Waals surface area contributed by atoms with Crippen LogP contribution in [0, 0.1) is 0 Å². The molecule has 8 nitrogen and oxygen atoms in total. The van der Waals surface area contributed by atoms with Gasteiger partial charge in [-0.2, -0.15) is 5.10 Å². The number of aromatic nitrogens is 4. The van der Waals surface area contributed by atoms with Crippen LogP contribution >= 0.6 is 0 Å². The van der Waals surface area contributed by atoms with Crippen molar-refractivity contribution in [3.63, 3.8) is 0 Å². The van der Waals surface area contributed by atoms with Gasteiger partial charge in [-0.15, -0.1) is 0 Å². The molecule has 0 radical (unpaired) electrons. The maximum Gasteiger partial charge on any atom is 0.359 e. The van der Waals surface area contributed by atoms with Crippen molar-refractivity contribution in [2.45, 2.75) is 58.1 Å². The zero-order valence-electron chi connectivity index (χ0n) is 16.9. The Morgan fingerprint density at radius 3 is 2.93 bits per heavy atom. The fourth-order valence-electron chi connectivity index (χ4n) is 4.20. The van der Waals surface area contributed by atoms with Crippen LogP contribution in [0.25, 0.3) is 11.4 Å². The van der Waals surface area contributed by atoms with Gasteiger partial charge >= 0.3 is 5.97 Å². The fourth-order valence-corrected chi connectivity index (χ4v) is 4.20. The normalized spacial score (nSPS) is 20.2. The van der Waals surface area contributed by atoms with Crippen molar-refractivity contribution in [1.82, 2.24) is 19.7 Å². The average Bonchev–Trinajstić information content (AvgIpc) is 3.11. The van der Waals surface area contributed by atoms with Gasteiger partial charge in [0.15, 0.2) is 11.9 Å². The van der Waals surface area contributed by atoms with E-state index in [-0.39, 0.29) is 11.6 Å². The zero-order valence-corrected chi connectivity index (χ0v) is 16.9. The number of fused-ring (bicyclic) bond motifs is 3. The van der Waals surface area contributed by atoms with E-state index in [0.717, 1.165) is 48.2 Å². The maximum atomic E-state index is 12.8. The van der Waals surface area contributed by atoms with Gasteiger partial charge in [0.05, 0.1) is 18.0 Å². The van der Waals surface area contributed by atoms with E-state index in [1.54, 1.807) is 14.0 Å². The first kappa shape index (κ1) is 18.9. The number of rotatable bonds is 4. The molecule has 4 rings (SSSR count). The molecule has 0 spiro atoms. The smallest absolute Gasteiger partial charge is 0.359 e. The van der Waals surface area contributed by atoms with E-state index in [2.05, 4.69) is 24.1 Å². The van der Waals surface area contributed by atoms with Crippen molar-refractivity contribution in [2.24, 2.45) is 0 Å². The van der Waals surface area contributed by atoms with E-state index in [1.165, 1.54) is 0 Å². The molecule has 2 aromatic rings. The lowest BCUT2D eigenvalue weighted by Crippen LogP contribution is -2.29. The second-order valence-corrected chi connectivity index (χ2v) is 7.94. The number of esters is 1. The number of anilines is 1. The molecule has 2 aromatic heterocycles. The number of hydrogen-bond acceptors (Lipinski definition) is 7. The van der Waals surface area contributed by atoms with E-state index in [0.29, 0.717) is 24.9 Å². The molecule has 2 aliphatic rings. The minimum absolute atomic E-state index is 0.208. The summed E-state index contributed by atoms with van der Waals surface area (Å²) >= 11 is 0. The number of ether oxygens (including phenoxy) is 2. The first-order chi connectivity index (χ1) is 13.5. The number of carbonyl (C=O) groups excluding carboxylic acids is 1. The average molecular weight is 385 g/mol. The lowest BCUT2D eigenvalue weighted by molar-refractivity contribution is -0.0387. The Morgan fingerprint density at radius 1 is 1.43 bits per heavy atom. The minimum atomic E-state index is -0.396. The van der Waals surface area contributed by atoms with Crippen LogP contribution in [0.1, 0.15) is 67.9 Å². The third-order valence-electron chi connectivity index (χ3n) is 5.43. The third kappa shape index (κ3) is 3.05. The van der Waals surface area contributed by atoms with Crippen molar-refractivity contribution in [2.75, 3.05) is 25.6 Å². The second-order valence-electron chi connectivity index (χ2n) is 7.94. The molecule has 1 atom stereocenters. The zero-order chi connectivity index (χ0) is 19.9. The van der Waals surface area contributed by atoms with Gasteiger partial charge in [-0.3, -0.25) is 0 Å². The van der Waals surface area contributed by atoms with E-state index in [4.69, 9.17) is 19.6 Å². The van der Waals surface area contributed by atoms with E-state index >= 15 is 0 Å². The molecule has 0 bridgehead atoms. The number of nitrogens with one attached hydrogen (secondary N) is 1. The fraction of sp³-hybridized carbons (Fsp3) is 0.600. The van der Waals surface area contributed by atoms with Crippen LogP contribution in [0.4, 0.5) is 5.95 Å². The number of hydrogen-bond donors (Lipinski definition) is 1. The Hall–Kier alpha value is -2.48. The van der Waals surface area contributed by atoms with Crippen LogP contribution in [0.2, 0.25) is 0 Å². The van der Waals surface area contributed by atoms with Crippen LogP contribution in [0.5, 0.6) is 0 Å². The molecular weight excluding hydrogens is 358 g/mol. The quantitative estimate of drug-likeness (QED) is 0.809. The molecule has 28 heavy (non-hydrogen) atoms. The molecule has 1 aliphatic heterocycles. The molecule has 150 valence electrons. The van der Waals surface area contributed by atoms with Gasteiger partial charge in [0.25, 0.3) is 0 Å². The summed E-state index contributed by atoms with van der Waals surface area (Å²) in [4.78, 5) is 21.9. The predicted octanol–water partition coefficient (Wildman–Crippen LogP) is 3.09. The maximum absolute atomic E-state index is 12.8. The molecule has 0 aromatic carbocycles. The van der Waals surface area contributed by atoms with Crippen molar-refractivity contribution in [1.29, 1.82) is 0 Å². The van der Waals surface area contributed by atoms with Crippen molar-refractivity contribution >= 4 is 11.9 Å². The Labute approximate surface area is 164 Å². The monoisotopic (exact) mass is 385 g/mol. The van der Waals surface area contributed by atoms with Crippen molar-refractivity contribution < 1.29 is 14.3 Å². The first-order valence-electron chi connectivity index (χ1n) is 9.92.